The van der Waals surface area contributed by atoms with Crippen molar-refractivity contribution in [1.29, 1.82) is 0 Å². The molecule has 0 amide bonds. The van der Waals surface area contributed by atoms with Gasteiger partial charge >= 0.3 is 33.3 Å². The summed E-state index contributed by atoms with van der Waals surface area (Å²) in [6.07, 6.45) is 0.744. The van der Waals surface area contributed by atoms with Crippen molar-refractivity contribution in [1.82, 2.24) is 0 Å². The minimum Gasteiger partial charge on any atom is -0.528 e. The Morgan fingerprint density at radius 1 is 0.164 bits per heavy atom. The Bertz CT molecular complexity index is 4790. The topological polar surface area (TPSA) is 36.9 Å². The molecule has 0 unspecified atom stereocenters. The fourth-order valence-electron chi connectivity index (χ4n) is 16.3. The minimum atomic E-state index is -3.49. The summed E-state index contributed by atoms with van der Waals surface area (Å²) in [5.74, 6) is 0.173. The highest BCUT2D eigenvalue weighted by Crippen LogP contribution is 2.49. The van der Waals surface area contributed by atoms with Crippen molar-refractivity contribution >= 4 is 188 Å². The molecule has 570 valence electrons. The number of hydrogen-bond acceptors (Lipinski definition) is 4. The van der Waals surface area contributed by atoms with Gasteiger partial charge in [-0.15, -0.1) is 0 Å². The largest absolute Gasteiger partial charge is 0.528 e. The summed E-state index contributed by atoms with van der Waals surface area (Å²) in [7, 11) is -13.9. The van der Waals surface area contributed by atoms with Crippen molar-refractivity contribution in [3.63, 3.8) is 0 Å². The third-order valence-corrected chi connectivity index (χ3v) is 39.7. The van der Waals surface area contributed by atoms with Crippen molar-refractivity contribution in [2.45, 2.75) is 24.7 Å². The monoisotopic (exact) mass is 1730 g/mol. The zero-order valence-corrected chi connectivity index (χ0v) is 72.5. The molecule has 0 saturated carbocycles. The third-order valence-electron chi connectivity index (χ3n) is 21.6. The first-order valence-corrected chi connectivity index (χ1v) is 48.8. The molecular formula is C100H74Cl8O4Si4. The van der Waals surface area contributed by atoms with Gasteiger partial charge in [0.05, 0.1) is 40.2 Å². The van der Waals surface area contributed by atoms with Gasteiger partial charge in [0.25, 0.3) is 0 Å². The van der Waals surface area contributed by atoms with E-state index < -0.39 is 45.1 Å². The Hall–Kier alpha value is -10.1. The highest BCUT2D eigenvalue weighted by atomic mass is 35.5. The van der Waals surface area contributed by atoms with Gasteiger partial charge in [-0.05, 0) is 146 Å². The van der Waals surface area contributed by atoms with Gasteiger partial charge in [-0.1, -0.05) is 457 Å². The van der Waals surface area contributed by atoms with Crippen molar-refractivity contribution in [2.24, 2.45) is 0 Å². The lowest BCUT2D eigenvalue weighted by atomic mass is 9.81. The van der Waals surface area contributed by atoms with E-state index in [-0.39, 0.29) is 0 Å². The molecule has 0 spiro atoms. The summed E-state index contributed by atoms with van der Waals surface area (Å²) in [4.78, 5) is 0. The molecule has 0 radical (unpaired) electrons. The Morgan fingerprint density at radius 2 is 0.267 bits per heavy atom. The van der Waals surface area contributed by atoms with E-state index in [2.05, 4.69) is 146 Å². The molecule has 0 aromatic heterocycles. The molecule has 16 aromatic rings. The Kier molecular flexibility index (Phi) is 24.6. The van der Waals surface area contributed by atoms with Crippen LogP contribution in [0.4, 0.5) is 0 Å². The van der Waals surface area contributed by atoms with Gasteiger partial charge in [0.15, 0.2) is 0 Å². The van der Waals surface area contributed by atoms with Gasteiger partial charge in [0.1, 0.15) is 23.0 Å². The van der Waals surface area contributed by atoms with Crippen LogP contribution < -0.4 is 79.9 Å². The van der Waals surface area contributed by atoms with E-state index >= 15 is 0 Å². The van der Waals surface area contributed by atoms with Crippen LogP contribution in [0, 0.1) is 0 Å². The van der Waals surface area contributed by atoms with Gasteiger partial charge in [-0.2, -0.15) is 0 Å². The van der Waals surface area contributed by atoms with Crippen LogP contribution in [0.1, 0.15) is 46.9 Å². The number of hydrogen-bond donors (Lipinski definition) is 0. The lowest BCUT2D eigenvalue weighted by molar-refractivity contribution is 0.570. The smallest absolute Gasteiger partial charge is 0.347 e. The maximum absolute atomic E-state index is 7.92. The Labute approximate surface area is 722 Å². The van der Waals surface area contributed by atoms with Crippen LogP contribution in [0.5, 0.6) is 23.0 Å². The molecule has 116 heavy (non-hydrogen) atoms. The summed E-state index contributed by atoms with van der Waals surface area (Å²) >= 11 is 63.3. The number of rotatable bonds is 27. The average molecular weight is 1740 g/mol. The molecule has 0 aliphatic heterocycles. The molecule has 0 saturated heterocycles. The molecule has 4 nitrogen and oxygen atoms in total. The molecule has 16 aromatic carbocycles. The van der Waals surface area contributed by atoms with Crippen molar-refractivity contribution < 1.29 is 17.7 Å². The quantitative estimate of drug-likeness (QED) is 0.0380. The lowest BCUT2D eigenvalue weighted by Gasteiger charge is -2.35. The van der Waals surface area contributed by atoms with Crippen LogP contribution in [0.3, 0.4) is 0 Å². The molecular weight excluding hydrogens is 1660 g/mol. The zero-order chi connectivity index (χ0) is 79.6. The summed E-state index contributed by atoms with van der Waals surface area (Å²) < 4.78 is 30.9. The van der Waals surface area contributed by atoms with E-state index in [0.29, 0.717) is 76.0 Å². The molecule has 0 heterocycles. The van der Waals surface area contributed by atoms with Crippen LogP contribution in [0.2, 0.25) is 40.2 Å². The summed E-state index contributed by atoms with van der Waals surface area (Å²) in [5.41, 5.74) is 2.97. The van der Waals surface area contributed by atoms with Gasteiger partial charge in [0.2, 0.25) is 0 Å². The molecule has 0 fully saturated rings. The molecule has 0 atom stereocenters. The SMILES string of the molecule is Clc1cc(C(CCC(c2cc(Cl)c(O[Si](c3ccccc3)(c3ccccc3)c3ccccc3)c(Cl)c2)c2cc(Cl)c(O[Si](c3ccccc3)(c3ccccc3)c3ccccc3)c(Cl)c2)c2cc(Cl)c(O[Si](c3ccccc3)(c3ccccc3)c3ccccc3)c(Cl)c2)cc(Cl)c1O[Si](c1ccccc1)(c1ccccc1)c1ccccc1. The van der Waals surface area contributed by atoms with E-state index in [9.17, 15) is 0 Å². The highest BCUT2D eigenvalue weighted by Gasteiger charge is 2.49. The molecule has 0 aliphatic carbocycles. The normalized spacial score (nSPS) is 11.8. The van der Waals surface area contributed by atoms with Gasteiger partial charge in [-0.3, -0.25) is 0 Å². The van der Waals surface area contributed by atoms with Crippen LogP contribution in [0.25, 0.3) is 0 Å². The van der Waals surface area contributed by atoms with Crippen molar-refractivity contribution in [3.05, 3.63) is 475 Å². The first-order valence-electron chi connectivity index (χ1n) is 38.2. The minimum absolute atomic E-state index is 0.292. The first kappa shape index (κ1) is 79.7. The second-order valence-electron chi connectivity index (χ2n) is 28.5. The van der Waals surface area contributed by atoms with Crippen LogP contribution in [0.15, 0.2) is 413 Å². The number of benzene rings is 16. The van der Waals surface area contributed by atoms with E-state index in [1.807, 2.05) is 267 Å². The first-order chi connectivity index (χ1) is 56.8. The predicted molar refractivity (Wildman–Crippen MR) is 497 cm³/mol. The van der Waals surface area contributed by atoms with Gasteiger partial charge in [-0.25, -0.2) is 0 Å². The van der Waals surface area contributed by atoms with E-state index in [1.54, 1.807) is 0 Å². The predicted octanol–water partition coefficient (Wildman–Crippen LogP) is 20.8. The zero-order valence-electron chi connectivity index (χ0n) is 62.5. The Balaban J connectivity index is 0.879. The number of halogens is 8. The van der Waals surface area contributed by atoms with E-state index in [4.69, 9.17) is 111 Å². The van der Waals surface area contributed by atoms with Gasteiger partial charge < -0.3 is 17.7 Å². The van der Waals surface area contributed by atoms with Crippen LogP contribution in [-0.4, -0.2) is 33.3 Å². The second kappa shape index (κ2) is 35.8. The molecule has 0 N–H and O–H groups in total. The average Bonchev–Trinajstić information content (AvgIpc) is 0.756. The summed E-state index contributed by atoms with van der Waals surface area (Å²) in [5, 5.41) is 14.3. The van der Waals surface area contributed by atoms with Crippen LogP contribution in [-0.2, 0) is 0 Å². The maximum atomic E-state index is 7.92. The second-order valence-corrected chi connectivity index (χ2v) is 44.9. The fourth-order valence-corrected chi connectivity index (χ4v) is 34.6. The third kappa shape index (κ3) is 15.9. The summed E-state index contributed by atoms with van der Waals surface area (Å²) in [6, 6.07) is 140. The van der Waals surface area contributed by atoms with Gasteiger partial charge in [0, 0.05) is 11.8 Å². The Morgan fingerprint density at radius 3 is 0.371 bits per heavy atom. The van der Waals surface area contributed by atoms with E-state index in [0.717, 1.165) is 84.5 Å². The molecule has 16 rings (SSSR count). The molecule has 0 bridgehead atoms. The molecule has 16 heteroatoms. The lowest BCUT2D eigenvalue weighted by Crippen LogP contribution is -2.71. The highest BCUT2D eigenvalue weighted by molar-refractivity contribution is 7.09. The van der Waals surface area contributed by atoms with Crippen LogP contribution >= 0.6 is 92.8 Å². The maximum Gasteiger partial charge on any atom is 0.347 e. The van der Waals surface area contributed by atoms with Crippen molar-refractivity contribution in [3.8, 4) is 23.0 Å². The standard InChI is InChI=1S/C100H74Cl8O4Si4/c101-89-63-71(64-90(102)97(89)109-113(75-37-13-1-14-38-75,76-39-15-2-16-40-76)77-41-17-3-18-42-77)87(72-65-91(103)98(92(104)66-72)110-114(78-43-19-4-20-44-78,79-45-21-5-22-46-79)80-47-23-6-24-48-80)61-62-88(73-67-93(105)99(94(106)68-73)111-115(81-49-25-7-26-50-81,82-51-27-8-28-52-82)83-53-29-9-30-54-83)74-69-95(107)100(96(108)70-74)112-116(84-55-31-10-32-56-84,85-57-33-11-34-58-85)86-59-35-12-36-60-86/h1-60,63-70,87-88H,61-62H2. The fraction of sp³-hybridized carbons (Fsp3) is 0.0400. The molecule has 0 aliphatic rings. The summed E-state index contributed by atoms with van der Waals surface area (Å²) in [6.45, 7) is 0. The van der Waals surface area contributed by atoms with E-state index in [1.165, 1.54) is 0 Å². The van der Waals surface area contributed by atoms with Crippen molar-refractivity contribution in [2.75, 3.05) is 0 Å².